The molecule has 7 atom stereocenters. The standard InChI is InChI=1S/C22H38N7O16P3S/c1-22(2,17(32)20(33)25-5-3-13(30)24-6-8-49)9-42-48(39,40)45-47(37,38)41-7-4-12-16(44-46(34,35)36)15(31)21(43-12)29-11-28-14-18(23)26-10-27-19(14)29/h10-12,15-17,21,31-32,49H,3-9H2,1-2H3,(H,24,30)(H,25,33)(H,37,38)(H,39,40)(H2,23,26,27)(H2,34,35,36)/t12-,15-,16-,17?,21-/m1/s1. The van der Waals surface area contributed by atoms with Crippen LogP contribution in [0.2, 0.25) is 0 Å². The molecule has 49 heavy (non-hydrogen) atoms. The Morgan fingerprint density at radius 3 is 2.43 bits per heavy atom. The van der Waals surface area contributed by atoms with Crippen LogP contribution in [0.3, 0.4) is 0 Å². The number of ether oxygens (including phenoxy) is 1. The van der Waals surface area contributed by atoms with E-state index in [0.717, 1.165) is 6.33 Å². The molecule has 1 aliphatic rings. The summed E-state index contributed by atoms with van der Waals surface area (Å²) in [4.78, 5) is 74.6. The average Bonchev–Trinajstić information content (AvgIpc) is 3.55. The van der Waals surface area contributed by atoms with Gasteiger partial charge in [0.05, 0.1) is 25.6 Å². The monoisotopic (exact) mass is 781 g/mol. The van der Waals surface area contributed by atoms with Crippen molar-refractivity contribution in [2.45, 2.75) is 57.3 Å². The van der Waals surface area contributed by atoms with Crippen molar-refractivity contribution < 1.29 is 75.7 Å². The molecule has 0 bridgehead atoms. The fourth-order valence-electron chi connectivity index (χ4n) is 4.35. The molecule has 23 nitrogen and oxygen atoms in total. The molecule has 0 saturated carbocycles. The number of nitrogens with one attached hydrogen (secondary N) is 2. The highest BCUT2D eigenvalue weighted by atomic mass is 32.1. The van der Waals surface area contributed by atoms with Crippen LogP contribution < -0.4 is 16.4 Å². The van der Waals surface area contributed by atoms with Gasteiger partial charge >= 0.3 is 23.5 Å². The lowest BCUT2D eigenvalue weighted by Gasteiger charge is -2.29. The number of nitrogens with zero attached hydrogens (tertiary/aromatic N) is 4. The molecule has 3 rings (SSSR count). The van der Waals surface area contributed by atoms with Gasteiger partial charge in [0.2, 0.25) is 11.8 Å². The molecule has 27 heteroatoms. The minimum atomic E-state index is -5.39. The van der Waals surface area contributed by atoms with E-state index in [0.29, 0.717) is 12.3 Å². The Hall–Kier alpha value is -2.11. The summed E-state index contributed by atoms with van der Waals surface area (Å²) < 4.78 is 61.9. The van der Waals surface area contributed by atoms with E-state index < -0.39 is 85.1 Å². The van der Waals surface area contributed by atoms with Crippen LogP contribution in [0.4, 0.5) is 5.82 Å². The number of rotatable bonds is 19. The molecular weight excluding hydrogens is 743 g/mol. The molecule has 10 N–H and O–H groups in total. The number of hydrogen-bond acceptors (Lipinski definition) is 17. The Balaban J connectivity index is 1.56. The molecule has 0 spiro atoms. The van der Waals surface area contributed by atoms with E-state index in [1.165, 1.54) is 24.7 Å². The minimum absolute atomic E-state index is 0.00321. The number of hydrogen-bond donors (Lipinski definition) is 10. The summed E-state index contributed by atoms with van der Waals surface area (Å²) in [5, 5.41) is 26.1. The Morgan fingerprint density at radius 2 is 1.78 bits per heavy atom. The Labute approximate surface area is 283 Å². The van der Waals surface area contributed by atoms with Crippen LogP contribution in [0.25, 0.3) is 11.2 Å². The maximum Gasteiger partial charge on any atom is 0.481 e. The van der Waals surface area contributed by atoms with Crippen molar-refractivity contribution in [3.05, 3.63) is 12.7 Å². The third-order valence-electron chi connectivity index (χ3n) is 6.77. The third kappa shape index (κ3) is 12.0. The molecule has 278 valence electrons. The van der Waals surface area contributed by atoms with Crippen LogP contribution in [0.1, 0.15) is 32.9 Å². The first-order valence-electron chi connectivity index (χ1n) is 14.2. The number of aliphatic hydroxyl groups is 2. The van der Waals surface area contributed by atoms with Crippen molar-refractivity contribution in [3.8, 4) is 0 Å². The van der Waals surface area contributed by atoms with Gasteiger partial charge in [-0.1, -0.05) is 13.8 Å². The molecular formula is C22H38N7O16P3S. The quantitative estimate of drug-likeness (QED) is 0.0586. The summed E-state index contributed by atoms with van der Waals surface area (Å²) >= 11 is 3.95. The lowest BCUT2D eigenvalue weighted by Crippen LogP contribution is -2.46. The number of carbonyl (C=O) groups is 2. The molecule has 2 amide bonds. The average molecular weight is 782 g/mol. The van der Waals surface area contributed by atoms with Crippen LogP contribution in [0.15, 0.2) is 12.7 Å². The highest BCUT2D eigenvalue weighted by Gasteiger charge is 2.49. The number of anilines is 1. The summed E-state index contributed by atoms with van der Waals surface area (Å²) in [6.45, 7) is 1.10. The maximum absolute atomic E-state index is 12.5. The number of phosphoric ester groups is 3. The number of aliphatic hydroxyl groups excluding tert-OH is 2. The Morgan fingerprint density at radius 1 is 1.10 bits per heavy atom. The van der Waals surface area contributed by atoms with Crippen LogP contribution in [-0.2, 0) is 45.9 Å². The van der Waals surface area contributed by atoms with E-state index >= 15 is 0 Å². The molecule has 1 fully saturated rings. The molecule has 2 aromatic rings. The van der Waals surface area contributed by atoms with Crippen molar-refractivity contribution in [3.63, 3.8) is 0 Å². The van der Waals surface area contributed by atoms with Gasteiger partial charge < -0.3 is 50.9 Å². The summed E-state index contributed by atoms with van der Waals surface area (Å²) in [5.41, 5.74) is 4.44. The van der Waals surface area contributed by atoms with Gasteiger partial charge in [0.1, 0.15) is 30.2 Å². The molecule has 3 unspecified atom stereocenters. The largest absolute Gasteiger partial charge is 0.481 e. The zero-order chi connectivity index (χ0) is 36.8. The molecule has 0 aliphatic carbocycles. The molecule has 1 saturated heterocycles. The molecule has 3 heterocycles. The smallest absolute Gasteiger partial charge is 0.386 e. The number of nitrogen functional groups attached to an aromatic ring is 1. The molecule has 0 radical (unpaired) electrons. The normalized spacial score (nSPS) is 23.1. The maximum atomic E-state index is 12.5. The highest BCUT2D eigenvalue weighted by molar-refractivity contribution is 7.80. The van der Waals surface area contributed by atoms with Gasteiger partial charge in [-0.25, -0.2) is 28.6 Å². The highest BCUT2D eigenvalue weighted by Crippen LogP contribution is 2.61. The van der Waals surface area contributed by atoms with Crippen molar-refractivity contribution in [1.29, 1.82) is 0 Å². The van der Waals surface area contributed by atoms with Crippen LogP contribution >= 0.6 is 36.1 Å². The number of phosphoric acid groups is 3. The van der Waals surface area contributed by atoms with Crippen molar-refractivity contribution in [2.75, 3.05) is 37.8 Å². The minimum Gasteiger partial charge on any atom is -0.386 e. The van der Waals surface area contributed by atoms with Crippen molar-refractivity contribution in [1.82, 2.24) is 30.2 Å². The van der Waals surface area contributed by atoms with Crippen LogP contribution in [-0.4, -0.2) is 118 Å². The van der Waals surface area contributed by atoms with E-state index in [9.17, 15) is 53.1 Å². The van der Waals surface area contributed by atoms with E-state index in [1.54, 1.807) is 0 Å². The van der Waals surface area contributed by atoms with Crippen molar-refractivity contribution in [2.24, 2.45) is 5.41 Å². The Kier molecular flexibility index (Phi) is 14.3. The zero-order valence-corrected chi connectivity index (χ0v) is 29.5. The second kappa shape index (κ2) is 16.9. The molecule has 0 aromatic carbocycles. The summed E-state index contributed by atoms with van der Waals surface area (Å²) in [7, 11) is -16.0. The number of thiol groups is 1. The zero-order valence-electron chi connectivity index (χ0n) is 25.9. The first kappa shape index (κ1) is 41.3. The number of aromatic nitrogens is 4. The number of carbonyl (C=O) groups excluding carboxylic acids is 2. The third-order valence-corrected chi connectivity index (χ3v) is 10.1. The van der Waals surface area contributed by atoms with Crippen molar-refractivity contribution >= 4 is 64.9 Å². The predicted octanol–water partition coefficient (Wildman–Crippen LogP) is -1.28. The van der Waals surface area contributed by atoms with E-state index in [1.807, 2.05) is 0 Å². The number of nitrogens with two attached hydrogens (primary N) is 1. The number of amides is 2. The second-order valence-corrected chi connectivity index (χ2v) is 15.8. The van der Waals surface area contributed by atoms with Gasteiger partial charge in [0, 0.05) is 37.1 Å². The van der Waals surface area contributed by atoms with Gasteiger partial charge in [0.15, 0.2) is 17.7 Å². The van der Waals surface area contributed by atoms with Gasteiger partial charge in [0.25, 0.3) is 0 Å². The first-order valence-corrected chi connectivity index (χ1v) is 19.3. The fraction of sp³-hybridized carbons (Fsp3) is 0.682. The number of imidazole rings is 1. The van der Waals surface area contributed by atoms with Gasteiger partial charge in [-0.05, 0) is 0 Å². The lowest BCUT2D eigenvalue weighted by molar-refractivity contribution is -0.137. The second-order valence-electron chi connectivity index (χ2n) is 11.1. The number of fused-ring (bicyclic) bond motifs is 1. The van der Waals surface area contributed by atoms with E-state index in [-0.39, 0.29) is 35.9 Å². The predicted molar refractivity (Wildman–Crippen MR) is 168 cm³/mol. The van der Waals surface area contributed by atoms with Gasteiger partial charge in [-0.3, -0.25) is 27.7 Å². The summed E-state index contributed by atoms with van der Waals surface area (Å²) in [5.74, 6) is -0.881. The Bertz CT molecular complexity index is 1610. The SMILES string of the molecule is CC(C)(COP(=O)(O)OP(=O)(O)OCC[C@H]1O[C@@H](n2cnc3c(N)ncnc32)[C@H](O)[C@@H]1OP(=O)(O)O)C(O)C(=O)NCCC(=O)NCCS. The van der Waals surface area contributed by atoms with Gasteiger partial charge in [-0.2, -0.15) is 16.9 Å². The first-order chi connectivity index (χ1) is 22.7. The topological polar surface area (TPSA) is 347 Å². The lowest BCUT2D eigenvalue weighted by atomic mass is 9.87. The van der Waals surface area contributed by atoms with Gasteiger partial charge in [-0.15, -0.1) is 0 Å². The molecule has 2 aromatic heterocycles. The summed E-state index contributed by atoms with van der Waals surface area (Å²) in [6, 6.07) is 0. The molecule has 1 aliphatic heterocycles. The van der Waals surface area contributed by atoms with E-state index in [4.69, 9.17) is 24.0 Å². The summed E-state index contributed by atoms with van der Waals surface area (Å²) in [6.07, 6.45) is -6.40. The fourth-order valence-corrected chi connectivity index (χ4v) is 7.29. The van der Waals surface area contributed by atoms with E-state index in [2.05, 4.69) is 42.5 Å². The van der Waals surface area contributed by atoms with Crippen LogP contribution in [0.5, 0.6) is 0 Å². The van der Waals surface area contributed by atoms with Crippen LogP contribution in [0, 0.1) is 5.41 Å².